The van der Waals surface area contributed by atoms with E-state index in [1.807, 2.05) is 0 Å². The van der Waals surface area contributed by atoms with Crippen LogP contribution in [0.4, 0.5) is 0 Å². The molecule has 0 aromatic rings. The Morgan fingerprint density at radius 1 is 1.09 bits per heavy atom. The van der Waals surface area contributed by atoms with Gasteiger partial charge in [0.1, 0.15) is 0 Å². The third-order valence-electron chi connectivity index (χ3n) is 5.43. The van der Waals surface area contributed by atoms with Gasteiger partial charge in [-0.05, 0) is 37.0 Å². The maximum atomic E-state index is 12.7. The molecule has 1 heterocycles. The zero-order valence-corrected chi connectivity index (χ0v) is 15.8. The molecule has 0 radical (unpaired) electrons. The Bertz CT molecular complexity index is 524. The van der Waals surface area contributed by atoms with Gasteiger partial charge >= 0.3 is 0 Å². The van der Waals surface area contributed by atoms with Crippen molar-refractivity contribution >= 4 is 15.9 Å². The summed E-state index contributed by atoms with van der Waals surface area (Å²) in [5, 5.41) is 3.26. The molecule has 0 spiro atoms. The fraction of sp³-hybridized carbons (Fsp3) is 0.941. The number of nitrogens with zero attached hydrogens (tertiary/aromatic N) is 1. The first-order chi connectivity index (χ1) is 10.6. The Balaban J connectivity index is 2.00. The Kier molecular flexibility index (Phi) is 5.77. The molecule has 0 bridgehead atoms. The summed E-state index contributed by atoms with van der Waals surface area (Å²) in [4.78, 5) is 12.7. The van der Waals surface area contributed by atoms with E-state index in [9.17, 15) is 13.2 Å². The highest BCUT2D eigenvalue weighted by atomic mass is 32.2. The number of sulfonamides is 1. The zero-order chi connectivity index (χ0) is 17.3. The van der Waals surface area contributed by atoms with E-state index in [1.54, 1.807) is 0 Å². The van der Waals surface area contributed by atoms with Crippen molar-refractivity contribution in [3.8, 4) is 0 Å². The molecule has 1 saturated heterocycles. The van der Waals surface area contributed by atoms with E-state index in [1.165, 1.54) is 17.0 Å². The second-order valence-corrected chi connectivity index (χ2v) is 10.3. The number of hydrogen-bond donors (Lipinski definition) is 1. The minimum atomic E-state index is -3.21. The second kappa shape index (κ2) is 7.09. The molecule has 5 nitrogen and oxygen atoms in total. The summed E-state index contributed by atoms with van der Waals surface area (Å²) in [6.45, 7) is 7.60. The molecule has 23 heavy (non-hydrogen) atoms. The van der Waals surface area contributed by atoms with Gasteiger partial charge in [-0.3, -0.25) is 4.79 Å². The molecule has 1 aliphatic carbocycles. The SMILES string of the molecule is CC(C)(C)[C@@H]1CCCC[C@@H]1NC(=O)[C@H]1CCCN(S(C)(=O)=O)C1. The van der Waals surface area contributed by atoms with Gasteiger partial charge in [0, 0.05) is 19.1 Å². The lowest BCUT2D eigenvalue weighted by Gasteiger charge is -2.41. The van der Waals surface area contributed by atoms with Crippen LogP contribution in [0.15, 0.2) is 0 Å². The maximum Gasteiger partial charge on any atom is 0.224 e. The van der Waals surface area contributed by atoms with Crippen LogP contribution in [0.5, 0.6) is 0 Å². The van der Waals surface area contributed by atoms with Gasteiger partial charge in [-0.25, -0.2) is 12.7 Å². The van der Waals surface area contributed by atoms with Gasteiger partial charge in [0.2, 0.25) is 15.9 Å². The van der Waals surface area contributed by atoms with Gasteiger partial charge < -0.3 is 5.32 Å². The first-order valence-corrected chi connectivity index (χ1v) is 10.7. The van der Waals surface area contributed by atoms with Gasteiger partial charge in [0.25, 0.3) is 0 Å². The van der Waals surface area contributed by atoms with Crippen LogP contribution in [0.25, 0.3) is 0 Å². The molecular formula is C17H32N2O3S. The van der Waals surface area contributed by atoms with Gasteiger partial charge in [0.05, 0.1) is 12.2 Å². The summed E-state index contributed by atoms with van der Waals surface area (Å²) in [6.07, 6.45) is 7.37. The van der Waals surface area contributed by atoms with Crippen LogP contribution in [-0.2, 0) is 14.8 Å². The Morgan fingerprint density at radius 3 is 2.35 bits per heavy atom. The highest BCUT2D eigenvalue weighted by molar-refractivity contribution is 7.88. The maximum absolute atomic E-state index is 12.7. The molecule has 1 N–H and O–H groups in total. The summed E-state index contributed by atoms with van der Waals surface area (Å²) in [6, 6.07) is 0.227. The zero-order valence-electron chi connectivity index (χ0n) is 15.0. The number of hydrogen-bond acceptors (Lipinski definition) is 3. The van der Waals surface area contributed by atoms with Crippen LogP contribution in [0.2, 0.25) is 0 Å². The highest BCUT2D eigenvalue weighted by Gasteiger charge is 2.37. The molecule has 2 rings (SSSR count). The van der Waals surface area contributed by atoms with Crippen LogP contribution >= 0.6 is 0 Å². The predicted octanol–water partition coefficient (Wildman–Crippen LogP) is 2.38. The average Bonchev–Trinajstić information content (AvgIpc) is 2.46. The molecule has 0 unspecified atom stereocenters. The number of carbonyl (C=O) groups is 1. The number of carbonyl (C=O) groups excluding carboxylic acids is 1. The lowest BCUT2D eigenvalue weighted by Crippen LogP contribution is -2.51. The lowest BCUT2D eigenvalue weighted by molar-refractivity contribution is -0.127. The molecule has 3 atom stereocenters. The molecule has 134 valence electrons. The third kappa shape index (κ3) is 4.92. The molecule has 1 aliphatic heterocycles. The van der Waals surface area contributed by atoms with E-state index in [0.717, 1.165) is 32.1 Å². The first-order valence-electron chi connectivity index (χ1n) is 8.84. The van der Waals surface area contributed by atoms with Crippen LogP contribution in [0, 0.1) is 17.3 Å². The van der Waals surface area contributed by atoms with Crippen molar-refractivity contribution in [3.63, 3.8) is 0 Å². The molecular weight excluding hydrogens is 312 g/mol. The summed E-state index contributed by atoms with van der Waals surface area (Å²) in [7, 11) is -3.21. The summed E-state index contributed by atoms with van der Waals surface area (Å²) < 4.78 is 24.9. The monoisotopic (exact) mass is 344 g/mol. The van der Waals surface area contributed by atoms with E-state index >= 15 is 0 Å². The Labute approximate surface area is 141 Å². The van der Waals surface area contributed by atoms with Crippen molar-refractivity contribution in [2.75, 3.05) is 19.3 Å². The van der Waals surface area contributed by atoms with Crippen molar-refractivity contribution in [2.24, 2.45) is 17.3 Å². The van der Waals surface area contributed by atoms with Gasteiger partial charge in [-0.1, -0.05) is 33.6 Å². The molecule has 0 aromatic heterocycles. The van der Waals surface area contributed by atoms with Crippen LogP contribution in [-0.4, -0.2) is 44.0 Å². The van der Waals surface area contributed by atoms with E-state index in [2.05, 4.69) is 26.1 Å². The second-order valence-electron chi connectivity index (χ2n) is 8.33. The van der Waals surface area contributed by atoms with Crippen LogP contribution in [0.1, 0.15) is 59.3 Å². The summed E-state index contributed by atoms with van der Waals surface area (Å²) in [5.41, 5.74) is 0.184. The number of piperidine rings is 1. The van der Waals surface area contributed by atoms with Crippen LogP contribution < -0.4 is 5.32 Å². The molecule has 1 amide bonds. The normalized spacial score (nSPS) is 30.9. The van der Waals surface area contributed by atoms with E-state index in [-0.39, 0.29) is 23.3 Å². The van der Waals surface area contributed by atoms with Crippen molar-refractivity contribution in [1.29, 1.82) is 0 Å². The molecule has 2 fully saturated rings. The molecule has 1 saturated carbocycles. The minimum Gasteiger partial charge on any atom is -0.353 e. The fourth-order valence-electron chi connectivity index (χ4n) is 4.10. The predicted molar refractivity (Wildman–Crippen MR) is 92.5 cm³/mol. The number of amides is 1. The lowest BCUT2D eigenvalue weighted by atomic mass is 9.69. The minimum absolute atomic E-state index is 0.0412. The standard InChI is InChI=1S/C17H32N2O3S/c1-17(2,3)14-9-5-6-10-15(14)18-16(20)13-8-7-11-19(12-13)23(4,21)22/h13-15H,5-12H2,1-4H3,(H,18,20)/t13-,14+,15-/m0/s1. The smallest absolute Gasteiger partial charge is 0.224 e. The van der Waals surface area contributed by atoms with Crippen molar-refractivity contribution in [1.82, 2.24) is 9.62 Å². The molecule has 2 aliphatic rings. The number of nitrogens with one attached hydrogen (secondary N) is 1. The van der Waals surface area contributed by atoms with Gasteiger partial charge in [-0.2, -0.15) is 0 Å². The topological polar surface area (TPSA) is 66.5 Å². The van der Waals surface area contributed by atoms with E-state index in [0.29, 0.717) is 19.0 Å². The summed E-state index contributed by atoms with van der Waals surface area (Å²) >= 11 is 0. The largest absolute Gasteiger partial charge is 0.353 e. The van der Waals surface area contributed by atoms with Crippen molar-refractivity contribution in [2.45, 2.75) is 65.3 Å². The third-order valence-corrected chi connectivity index (χ3v) is 6.70. The van der Waals surface area contributed by atoms with Crippen molar-refractivity contribution < 1.29 is 13.2 Å². The van der Waals surface area contributed by atoms with E-state index in [4.69, 9.17) is 0 Å². The van der Waals surface area contributed by atoms with E-state index < -0.39 is 10.0 Å². The average molecular weight is 345 g/mol. The first kappa shape index (κ1) is 18.7. The fourth-order valence-corrected chi connectivity index (χ4v) is 5.01. The van der Waals surface area contributed by atoms with Crippen LogP contribution in [0.3, 0.4) is 0 Å². The highest BCUT2D eigenvalue weighted by Crippen LogP contribution is 2.38. The summed E-state index contributed by atoms with van der Waals surface area (Å²) in [5.74, 6) is 0.329. The van der Waals surface area contributed by atoms with Gasteiger partial charge in [-0.15, -0.1) is 0 Å². The van der Waals surface area contributed by atoms with Crippen molar-refractivity contribution in [3.05, 3.63) is 0 Å². The van der Waals surface area contributed by atoms with Gasteiger partial charge in [0.15, 0.2) is 0 Å². The Hall–Kier alpha value is -0.620. The Morgan fingerprint density at radius 2 is 1.74 bits per heavy atom. The molecule has 0 aromatic carbocycles. The quantitative estimate of drug-likeness (QED) is 0.855. The molecule has 6 heteroatoms. The number of rotatable bonds is 3.